The normalized spacial score (nSPS) is 14.7. The minimum absolute atomic E-state index is 0.263. The van der Waals surface area contributed by atoms with E-state index in [1.165, 1.54) is 0 Å². The van der Waals surface area contributed by atoms with Crippen molar-refractivity contribution in [2.45, 2.75) is 25.3 Å². The molecule has 1 rings (SSSR count). The number of carbonyl (C=O) groups excluding carboxylic acids is 2. The third kappa shape index (κ3) is 8.91. The molecule has 0 spiro atoms. The smallest absolute Gasteiger partial charge is 0.393 e. The highest BCUT2D eigenvalue weighted by Crippen LogP contribution is 2.14. The Bertz CT molecular complexity index is 290. The van der Waals surface area contributed by atoms with Gasteiger partial charge in [-0.2, -0.15) is 0 Å². The van der Waals surface area contributed by atoms with Gasteiger partial charge < -0.3 is 29.1 Å². The summed E-state index contributed by atoms with van der Waals surface area (Å²) in [6, 6.07) is 0.827. The highest BCUT2D eigenvalue weighted by Gasteiger charge is 2.36. The Morgan fingerprint density at radius 2 is 1.62 bits per heavy atom. The highest BCUT2D eigenvalue weighted by molar-refractivity contribution is 6.60. The first-order valence-electron chi connectivity index (χ1n) is 6.83. The molecule has 3 N–H and O–H groups in total. The van der Waals surface area contributed by atoms with Crippen LogP contribution in [0.4, 0.5) is 0 Å². The number of nitrogens with two attached hydrogens (primary N) is 1. The van der Waals surface area contributed by atoms with Gasteiger partial charge in [0.05, 0.1) is 12.8 Å². The number of hydrogen-bond acceptors (Lipinski definition) is 8. The van der Waals surface area contributed by atoms with Gasteiger partial charge in [-0.1, -0.05) is 0 Å². The molecule has 0 aliphatic carbocycles. The Hall–Kier alpha value is -0.843. The van der Waals surface area contributed by atoms with Crippen LogP contribution in [0.15, 0.2) is 0 Å². The standard InChI is InChI=1S/C8H22N2O3Si.C4H4O3/c1-11-14(12-2,13-3)8-4-6-10-7-5-9;5-3-1-2-4(6)7-3/h10H,4-9H2,1-3H3;1-2H2. The lowest BCUT2D eigenvalue weighted by Gasteiger charge is -2.24. The summed E-state index contributed by atoms with van der Waals surface area (Å²) in [4.78, 5) is 20.0. The van der Waals surface area contributed by atoms with Crippen molar-refractivity contribution >= 4 is 20.7 Å². The third-order valence-electron chi connectivity index (χ3n) is 2.85. The van der Waals surface area contributed by atoms with Gasteiger partial charge >= 0.3 is 20.7 Å². The first-order chi connectivity index (χ1) is 10.0. The van der Waals surface area contributed by atoms with Crippen molar-refractivity contribution in [1.82, 2.24) is 5.32 Å². The van der Waals surface area contributed by atoms with Crippen molar-refractivity contribution in [1.29, 1.82) is 0 Å². The molecular formula is C12H26N2O6Si. The van der Waals surface area contributed by atoms with Crippen LogP contribution in [-0.2, 0) is 27.6 Å². The average molecular weight is 322 g/mol. The van der Waals surface area contributed by atoms with E-state index in [9.17, 15) is 9.59 Å². The van der Waals surface area contributed by atoms with E-state index < -0.39 is 20.7 Å². The summed E-state index contributed by atoms with van der Waals surface area (Å²) in [7, 11) is 2.55. The minimum atomic E-state index is -2.35. The second-order valence-corrected chi connectivity index (χ2v) is 7.37. The van der Waals surface area contributed by atoms with Crippen molar-refractivity contribution in [2.75, 3.05) is 41.0 Å². The Morgan fingerprint density at radius 3 is 1.95 bits per heavy atom. The van der Waals surface area contributed by atoms with Crippen LogP contribution in [0.1, 0.15) is 19.3 Å². The summed E-state index contributed by atoms with van der Waals surface area (Å²) in [5, 5.41) is 3.21. The molecule has 124 valence electrons. The molecule has 0 aromatic carbocycles. The summed E-state index contributed by atoms with van der Waals surface area (Å²) >= 11 is 0. The van der Waals surface area contributed by atoms with Crippen LogP contribution in [0.25, 0.3) is 0 Å². The van der Waals surface area contributed by atoms with Gasteiger partial charge in [-0.05, 0) is 13.0 Å². The second kappa shape index (κ2) is 11.8. The topological polar surface area (TPSA) is 109 Å². The quantitative estimate of drug-likeness (QED) is 0.257. The van der Waals surface area contributed by atoms with E-state index in [-0.39, 0.29) is 12.8 Å². The zero-order valence-corrected chi connectivity index (χ0v) is 14.0. The summed E-state index contributed by atoms with van der Waals surface area (Å²) < 4.78 is 19.9. The van der Waals surface area contributed by atoms with Crippen LogP contribution in [0.5, 0.6) is 0 Å². The molecule has 0 bridgehead atoms. The molecule has 0 radical (unpaired) electrons. The van der Waals surface area contributed by atoms with Gasteiger partial charge in [0.2, 0.25) is 0 Å². The van der Waals surface area contributed by atoms with Crippen LogP contribution in [0.2, 0.25) is 6.04 Å². The SMILES string of the molecule is CO[Si](CCCNCCN)(OC)OC.O=C1CCC(=O)O1. The Balaban J connectivity index is 0.000000471. The Morgan fingerprint density at radius 1 is 1.10 bits per heavy atom. The van der Waals surface area contributed by atoms with Gasteiger partial charge in [0.15, 0.2) is 0 Å². The molecule has 1 heterocycles. The van der Waals surface area contributed by atoms with E-state index in [1.807, 2.05) is 0 Å². The predicted molar refractivity (Wildman–Crippen MR) is 78.5 cm³/mol. The maximum atomic E-state index is 10.0. The minimum Gasteiger partial charge on any atom is -0.393 e. The van der Waals surface area contributed by atoms with Crippen molar-refractivity contribution in [2.24, 2.45) is 5.73 Å². The molecule has 9 heteroatoms. The molecule has 21 heavy (non-hydrogen) atoms. The molecule has 0 amide bonds. The largest absolute Gasteiger partial charge is 0.500 e. The zero-order chi connectivity index (χ0) is 16.1. The van der Waals surface area contributed by atoms with Gasteiger partial charge in [0, 0.05) is 40.5 Å². The maximum Gasteiger partial charge on any atom is 0.500 e. The average Bonchev–Trinajstić information content (AvgIpc) is 2.88. The zero-order valence-electron chi connectivity index (χ0n) is 13.0. The van der Waals surface area contributed by atoms with E-state index >= 15 is 0 Å². The summed E-state index contributed by atoms with van der Waals surface area (Å²) in [5.41, 5.74) is 5.35. The van der Waals surface area contributed by atoms with Crippen LogP contribution in [0, 0.1) is 0 Å². The molecule has 1 saturated heterocycles. The van der Waals surface area contributed by atoms with E-state index in [1.54, 1.807) is 21.3 Å². The second-order valence-electron chi connectivity index (χ2n) is 4.28. The molecule has 1 aliphatic rings. The summed E-state index contributed by atoms with van der Waals surface area (Å²) in [5.74, 6) is -0.796. The predicted octanol–water partition coefficient (Wildman–Crippen LogP) is -0.347. The van der Waals surface area contributed by atoms with Gasteiger partial charge in [-0.25, -0.2) is 0 Å². The van der Waals surface area contributed by atoms with Gasteiger partial charge in [-0.15, -0.1) is 0 Å². The fourth-order valence-corrected chi connectivity index (χ4v) is 3.37. The molecule has 0 atom stereocenters. The van der Waals surface area contributed by atoms with E-state index in [2.05, 4.69) is 10.1 Å². The summed E-state index contributed by atoms with van der Waals surface area (Å²) in [6.45, 7) is 2.44. The fourth-order valence-electron chi connectivity index (χ4n) is 1.65. The number of hydrogen-bond donors (Lipinski definition) is 2. The van der Waals surface area contributed by atoms with Crippen molar-refractivity contribution in [3.63, 3.8) is 0 Å². The number of cyclic esters (lactones) is 2. The van der Waals surface area contributed by atoms with Crippen molar-refractivity contribution in [3.05, 3.63) is 0 Å². The van der Waals surface area contributed by atoms with Crippen LogP contribution in [0.3, 0.4) is 0 Å². The first kappa shape index (κ1) is 20.2. The number of esters is 2. The summed E-state index contributed by atoms with van der Waals surface area (Å²) in [6.07, 6.45) is 1.50. The van der Waals surface area contributed by atoms with Gasteiger partial charge in [-0.3, -0.25) is 9.59 Å². The lowest BCUT2D eigenvalue weighted by molar-refractivity contribution is -0.151. The number of carbonyl (C=O) groups is 2. The van der Waals surface area contributed by atoms with Crippen molar-refractivity contribution in [3.8, 4) is 0 Å². The van der Waals surface area contributed by atoms with Crippen LogP contribution >= 0.6 is 0 Å². The molecule has 1 aliphatic heterocycles. The molecule has 8 nitrogen and oxygen atoms in total. The van der Waals surface area contributed by atoms with E-state index in [4.69, 9.17) is 19.0 Å². The monoisotopic (exact) mass is 322 g/mol. The maximum absolute atomic E-state index is 10.0. The fraction of sp³-hybridized carbons (Fsp3) is 0.833. The van der Waals surface area contributed by atoms with E-state index in [0.717, 1.165) is 25.6 Å². The van der Waals surface area contributed by atoms with Crippen LogP contribution < -0.4 is 11.1 Å². The van der Waals surface area contributed by atoms with Gasteiger partial charge in [0.1, 0.15) is 0 Å². The number of rotatable bonds is 9. The van der Waals surface area contributed by atoms with E-state index in [0.29, 0.717) is 6.54 Å². The molecule has 0 saturated carbocycles. The Kier molecular flexibility index (Phi) is 11.3. The van der Waals surface area contributed by atoms with Crippen molar-refractivity contribution < 1.29 is 27.6 Å². The number of nitrogens with one attached hydrogen (secondary N) is 1. The highest BCUT2D eigenvalue weighted by atomic mass is 28.4. The molecule has 0 unspecified atom stereocenters. The van der Waals surface area contributed by atoms with Gasteiger partial charge in [0.25, 0.3) is 0 Å². The van der Waals surface area contributed by atoms with Crippen LogP contribution in [-0.4, -0.2) is 61.7 Å². The molecule has 1 fully saturated rings. The third-order valence-corrected chi connectivity index (χ3v) is 5.68. The molecule has 0 aromatic rings. The lowest BCUT2D eigenvalue weighted by atomic mass is 10.4. The first-order valence-corrected chi connectivity index (χ1v) is 8.76. The Labute approximate surface area is 126 Å². The molecule has 0 aromatic heterocycles. The molecular weight excluding hydrogens is 296 g/mol. The number of ether oxygens (including phenoxy) is 1. The lowest BCUT2D eigenvalue weighted by Crippen LogP contribution is -2.43.